The summed E-state index contributed by atoms with van der Waals surface area (Å²) in [6, 6.07) is 3.37. The molecule has 0 aliphatic rings. The van der Waals surface area contributed by atoms with Crippen molar-refractivity contribution >= 4 is 23.3 Å². The number of anilines is 1. The van der Waals surface area contributed by atoms with Gasteiger partial charge >= 0.3 is 0 Å². The number of nitrogens with zero attached hydrogens (tertiary/aromatic N) is 1. The average Bonchev–Trinajstić information content (AvgIpc) is 2.22. The average molecular weight is 228 g/mol. The highest BCUT2D eigenvalue weighted by Crippen LogP contribution is 2.09. The molecular weight excluding hydrogens is 214 g/mol. The van der Waals surface area contributed by atoms with Gasteiger partial charge in [-0.15, -0.1) is 0 Å². The molecular formula is C10H14ClN3O. The van der Waals surface area contributed by atoms with Crippen molar-refractivity contribution in [3.63, 3.8) is 0 Å². The van der Waals surface area contributed by atoms with Crippen molar-refractivity contribution in [2.45, 2.75) is 12.8 Å². The summed E-state index contributed by atoms with van der Waals surface area (Å²) >= 11 is 5.67. The lowest BCUT2D eigenvalue weighted by atomic mass is 10.3. The second kappa shape index (κ2) is 6.37. The molecule has 2 N–H and O–H groups in total. The normalized spacial score (nSPS) is 10.0. The van der Waals surface area contributed by atoms with Gasteiger partial charge in [0.25, 0.3) is 0 Å². The van der Waals surface area contributed by atoms with E-state index in [-0.39, 0.29) is 5.91 Å². The second-order valence-corrected chi connectivity index (χ2v) is 3.55. The predicted octanol–water partition coefficient (Wildman–Crippen LogP) is 1.67. The first kappa shape index (κ1) is 11.9. The number of hydrogen-bond acceptors (Lipinski definition) is 3. The zero-order valence-corrected chi connectivity index (χ0v) is 9.34. The van der Waals surface area contributed by atoms with Crippen LogP contribution in [0, 0.1) is 0 Å². The summed E-state index contributed by atoms with van der Waals surface area (Å²) < 4.78 is 0. The quantitative estimate of drug-likeness (QED) is 0.753. The van der Waals surface area contributed by atoms with E-state index < -0.39 is 0 Å². The highest BCUT2D eigenvalue weighted by Gasteiger charge is 2.02. The first-order chi connectivity index (χ1) is 7.22. The number of aromatic nitrogens is 1. The van der Waals surface area contributed by atoms with Crippen LogP contribution in [-0.4, -0.2) is 24.5 Å². The van der Waals surface area contributed by atoms with Gasteiger partial charge in [0.15, 0.2) is 0 Å². The summed E-state index contributed by atoms with van der Waals surface area (Å²) in [5, 5.41) is 6.23. The van der Waals surface area contributed by atoms with Crippen LogP contribution in [0.2, 0.25) is 5.02 Å². The van der Waals surface area contributed by atoms with Crippen molar-refractivity contribution in [1.82, 2.24) is 10.3 Å². The van der Waals surface area contributed by atoms with Crippen molar-refractivity contribution in [1.29, 1.82) is 0 Å². The van der Waals surface area contributed by atoms with Crippen LogP contribution in [0.3, 0.4) is 0 Å². The maximum absolute atomic E-state index is 11.4. The number of carbonyl (C=O) groups excluding carboxylic acids is 1. The summed E-state index contributed by atoms with van der Waals surface area (Å²) in [7, 11) is 1.86. The Morgan fingerprint density at radius 1 is 1.53 bits per heavy atom. The van der Waals surface area contributed by atoms with E-state index in [9.17, 15) is 4.79 Å². The van der Waals surface area contributed by atoms with Crippen LogP contribution in [0.4, 0.5) is 5.82 Å². The molecule has 0 atom stereocenters. The van der Waals surface area contributed by atoms with Gasteiger partial charge in [0.1, 0.15) is 5.82 Å². The molecule has 82 valence electrons. The number of pyridine rings is 1. The lowest BCUT2D eigenvalue weighted by molar-refractivity contribution is -0.116. The Hall–Kier alpha value is -1.13. The van der Waals surface area contributed by atoms with E-state index in [4.69, 9.17) is 11.6 Å². The molecule has 0 saturated carbocycles. The predicted molar refractivity (Wildman–Crippen MR) is 61.0 cm³/mol. The topological polar surface area (TPSA) is 54.0 Å². The van der Waals surface area contributed by atoms with Gasteiger partial charge in [-0.3, -0.25) is 4.79 Å². The van der Waals surface area contributed by atoms with Gasteiger partial charge in [-0.2, -0.15) is 0 Å². The Kier molecular flexibility index (Phi) is 5.07. The summed E-state index contributed by atoms with van der Waals surface area (Å²) in [5.74, 6) is 0.508. The molecule has 1 rings (SSSR count). The number of hydrogen-bond donors (Lipinski definition) is 2. The minimum Gasteiger partial charge on any atom is -0.320 e. The summed E-state index contributed by atoms with van der Waals surface area (Å²) in [6.45, 7) is 0.835. The Morgan fingerprint density at radius 3 is 2.93 bits per heavy atom. The minimum atomic E-state index is -0.0277. The molecule has 0 saturated heterocycles. The van der Waals surface area contributed by atoms with E-state index in [1.165, 1.54) is 6.20 Å². The number of halogens is 1. The molecule has 4 nitrogen and oxygen atoms in total. The molecule has 15 heavy (non-hydrogen) atoms. The highest BCUT2D eigenvalue weighted by molar-refractivity contribution is 6.30. The lowest BCUT2D eigenvalue weighted by Gasteiger charge is -2.03. The molecule has 1 heterocycles. The van der Waals surface area contributed by atoms with Crippen molar-refractivity contribution in [3.8, 4) is 0 Å². The van der Waals surface area contributed by atoms with Gasteiger partial charge in [0, 0.05) is 12.6 Å². The Bertz CT molecular complexity index is 313. The van der Waals surface area contributed by atoms with Crippen LogP contribution in [0.15, 0.2) is 18.3 Å². The Balaban J connectivity index is 2.34. The van der Waals surface area contributed by atoms with Crippen molar-refractivity contribution in [3.05, 3.63) is 23.4 Å². The fourth-order valence-corrected chi connectivity index (χ4v) is 1.19. The minimum absolute atomic E-state index is 0.0277. The van der Waals surface area contributed by atoms with Gasteiger partial charge in [0.05, 0.1) is 5.02 Å². The molecule has 1 aromatic heterocycles. The molecule has 0 aliphatic heterocycles. The molecule has 5 heteroatoms. The van der Waals surface area contributed by atoms with Crippen molar-refractivity contribution < 1.29 is 4.79 Å². The molecule has 0 unspecified atom stereocenters. The molecule has 0 aliphatic carbocycles. The molecule has 1 amide bonds. The van der Waals surface area contributed by atoms with Gasteiger partial charge < -0.3 is 10.6 Å². The maximum Gasteiger partial charge on any atom is 0.225 e. The van der Waals surface area contributed by atoms with E-state index in [2.05, 4.69) is 15.6 Å². The number of carbonyl (C=O) groups is 1. The Labute approximate surface area is 94.0 Å². The van der Waals surface area contributed by atoms with Gasteiger partial charge in [-0.25, -0.2) is 4.98 Å². The van der Waals surface area contributed by atoms with Crippen LogP contribution in [-0.2, 0) is 4.79 Å². The summed E-state index contributed by atoms with van der Waals surface area (Å²) in [5.41, 5.74) is 0. The van der Waals surface area contributed by atoms with Crippen LogP contribution >= 0.6 is 11.6 Å². The molecule has 0 spiro atoms. The summed E-state index contributed by atoms with van der Waals surface area (Å²) in [4.78, 5) is 15.3. The number of rotatable bonds is 5. The lowest BCUT2D eigenvalue weighted by Crippen LogP contribution is -2.15. The molecule has 0 radical (unpaired) electrons. The van der Waals surface area contributed by atoms with E-state index in [1.54, 1.807) is 12.1 Å². The zero-order valence-electron chi connectivity index (χ0n) is 8.59. The summed E-state index contributed by atoms with van der Waals surface area (Å²) in [6.07, 6.45) is 2.81. The van der Waals surface area contributed by atoms with E-state index in [0.717, 1.165) is 13.0 Å². The van der Waals surface area contributed by atoms with Crippen LogP contribution < -0.4 is 10.6 Å². The fourth-order valence-electron chi connectivity index (χ4n) is 1.08. The molecule has 0 aromatic carbocycles. The van der Waals surface area contributed by atoms with Crippen molar-refractivity contribution in [2.75, 3.05) is 18.9 Å². The smallest absolute Gasteiger partial charge is 0.225 e. The standard InChI is InChI=1S/C10H14ClN3O/c1-12-6-2-3-10(15)14-9-5-4-8(11)7-13-9/h4-5,7,12H,2-3,6H2,1H3,(H,13,14,15). The monoisotopic (exact) mass is 227 g/mol. The molecule has 0 fully saturated rings. The van der Waals surface area contributed by atoms with Gasteiger partial charge in [0.2, 0.25) is 5.91 Å². The third-order valence-corrected chi connectivity index (χ3v) is 2.05. The third-order valence-electron chi connectivity index (χ3n) is 1.83. The maximum atomic E-state index is 11.4. The van der Waals surface area contributed by atoms with Gasteiger partial charge in [-0.1, -0.05) is 11.6 Å². The first-order valence-corrected chi connectivity index (χ1v) is 5.16. The highest BCUT2D eigenvalue weighted by atomic mass is 35.5. The fraction of sp³-hybridized carbons (Fsp3) is 0.400. The Morgan fingerprint density at radius 2 is 2.33 bits per heavy atom. The van der Waals surface area contributed by atoms with E-state index in [1.807, 2.05) is 7.05 Å². The number of nitrogens with one attached hydrogen (secondary N) is 2. The van der Waals surface area contributed by atoms with E-state index in [0.29, 0.717) is 17.3 Å². The first-order valence-electron chi connectivity index (χ1n) is 4.78. The second-order valence-electron chi connectivity index (χ2n) is 3.12. The zero-order chi connectivity index (χ0) is 11.1. The van der Waals surface area contributed by atoms with Crippen LogP contribution in [0.1, 0.15) is 12.8 Å². The van der Waals surface area contributed by atoms with Gasteiger partial charge in [-0.05, 0) is 32.1 Å². The largest absolute Gasteiger partial charge is 0.320 e. The van der Waals surface area contributed by atoms with E-state index >= 15 is 0 Å². The molecule has 0 bridgehead atoms. The molecule has 1 aromatic rings. The van der Waals surface area contributed by atoms with Crippen LogP contribution in [0.25, 0.3) is 0 Å². The van der Waals surface area contributed by atoms with Crippen molar-refractivity contribution in [2.24, 2.45) is 0 Å². The SMILES string of the molecule is CNCCCC(=O)Nc1ccc(Cl)cn1. The van der Waals surface area contributed by atoms with Crippen LogP contribution in [0.5, 0.6) is 0 Å². The number of amides is 1. The third kappa shape index (κ3) is 4.76.